The number of quaternary nitrogens is 4. The van der Waals surface area contributed by atoms with Crippen molar-refractivity contribution in [2.75, 3.05) is 0 Å². The molecule has 0 aliphatic carbocycles. The third-order valence-electron chi connectivity index (χ3n) is 0.711. The summed E-state index contributed by atoms with van der Waals surface area (Å²) in [7, 11) is 0. The van der Waals surface area contributed by atoms with Gasteiger partial charge < -0.3 is 64.2 Å². The van der Waals surface area contributed by atoms with Gasteiger partial charge in [0.05, 0.1) is 23.9 Å². The summed E-state index contributed by atoms with van der Waals surface area (Å²) >= 11 is 0. The van der Waals surface area contributed by atoms with Gasteiger partial charge in [-0.15, -0.1) is 0 Å². The number of carbonyl (C=O) groups is 4. The van der Waals surface area contributed by atoms with Gasteiger partial charge in [-0.3, -0.25) is 0 Å². The Balaban J connectivity index is -0.0000000302. The summed E-state index contributed by atoms with van der Waals surface area (Å²) in [4.78, 5) is 37.7. The minimum atomic E-state index is -1.55. The Kier molecular flexibility index (Phi) is 53.0. The van der Waals surface area contributed by atoms with Crippen LogP contribution in [0, 0.1) is 0 Å². The smallest absolute Gasteiger partial charge is 0.0643 e. The minimum absolute atomic E-state index is 0. The fraction of sp³-hybridized carbons (Fsp3) is 0.111. The van der Waals surface area contributed by atoms with Gasteiger partial charge in [-0.1, -0.05) is 7.43 Å². The molecule has 0 saturated carbocycles. The lowest BCUT2D eigenvalue weighted by Crippen LogP contribution is -2.23. The Labute approximate surface area is 121 Å². The predicted molar refractivity (Wildman–Crippen MR) is 69.0 cm³/mol. The van der Waals surface area contributed by atoms with E-state index in [-0.39, 0.29) is 32.0 Å². The quantitative estimate of drug-likeness (QED) is 0.371. The topological polar surface area (TPSA) is 307 Å². The van der Waals surface area contributed by atoms with Crippen molar-refractivity contribution in [3.8, 4) is 0 Å². The molecule has 0 aromatic heterocycles. The molecule has 0 fully saturated rings. The zero-order valence-electron chi connectivity index (χ0n) is 11.6. The number of rotatable bonds is 4. The van der Waals surface area contributed by atoms with Crippen molar-refractivity contribution in [2.45, 2.75) is 7.43 Å². The maximum atomic E-state index is 9.41. The first-order valence-electron chi connectivity index (χ1n) is 3.45. The van der Waals surface area contributed by atoms with Crippen molar-refractivity contribution in [3.05, 3.63) is 24.3 Å². The lowest BCUT2D eigenvalue weighted by atomic mass is 10.5. The van der Waals surface area contributed by atoms with E-state index in [2.05, 4.69) is 0 Å². The number of hydrogen-bond donors (Lipinski definition) is 4. The van der Waals surface area contributed by atoms with E-state index >= 15 is 0 Å². The Bertz CT molecular complexity index is 288. The largest absolute Gasteiger partial charge is 0.545 e. The van der Waals surface area contributed by atoms with Crippen LogP contribution >= 0.6 is 0 Å². The van der Waals surface area contributed by atoms with Crippen LogP contribution in [-0.4, -0.2) is 23.9 Å². The minimum Gasteiger partial charge on any atom is -0.545 e. The molecule has 0 saturated heterocycles. The van der Waals surface area contributed by atoms with E-state index < -0.39 is 23.9 Å². The fourth-order valence-corrected chi connectivity index (χ4v) is 0.272. The summed E-state index contributed by atoms with van der Waals surface area (Å²) in [6, 6.07) is 0. The van der Waals surface area contributed by atoms with Crippen LogP contribution < -0.4 is 45.0 Å². The van der Waals surface area contributed by atoms with Crippen molar-refractivity contribution in [1.29, 1.82) is 0 Å². The summed E-state index contributed by atoms with van der Waals surface area (Å²) in [5.74, 6) is -6.19. The Hall–Kier alpha value is -2.80. The normalized spacial score (nSPS) is 7.24. The Morgan fingerprint density at radius 2 is 0.571 bits per heavy atom. The molecule has 0 aromatic rings. The molecule has 0 aliphatic rings. The van der Waals surface area contributed by atoms with Gasteiger partial charge in [0.25, 0.3) is 0 Å². The standard InChI is InChI=1S/2C4H4O4.CH4.4H3N/c2*5-3(6)1-2-4(7)8;;;;;/h2*1-2H,(H,5,6)(H,7,8);1H4;4*1H3/b2-1+;2-1-;;;;;. The van der Waals surface area contributed by atoms with Crippen LogP contribution in [0.4, 0.5) is 0 Å². The van der Waals surface area contributed by atoms with Crippen molar-refractivity contribution in [2.24, 2.45) is 0 Å². The zero-order chi connectivity index (χ0) is 13.1. The number of carboxylic acids is 4. The number of carbonyl (C=O) groups excluding carboxylic acids is 4. The SMILES string of the molecule is C.O=C([O-])/C=C/C(=O)[O-].O=C([O-])/C=C\C(=O)[O-].[NH4+].[NH4+].[NH4+].[NH4+]. The first kappa shape index (κ1) is 42.9. The van der Waals surface area contributed by atoms with Gasteiger partial charge in [0.15, 0.2) is 0 Å². The molecule has 16 N–H and O–H groups in total. The van der Waals surface area contributed by atoms with E-state index in [9.17, 15) is 39.6 Å². The van der Waals surface area contributed by atoms with E-state index in [4.69, 9.17) is 0 Å². The molecule has 0 amide bonds. The molecule has 0 aliphatic heterocycles. The summed E-state index contributed by atoms with van der Waals surface area (Å²) in [6.45, 7) is 0. The molecule has 0 heterocycles. The van der Waals surface area contributed by atoms with Crippen molar-refractivity contribution >= 4 is 23.9 Å². The molecule has 0 atom stereocenters. The lowest BCUT2D eigenvalue weighted by molar-refractivity contribution is -0.301. The van der Waals surface area contributed by atoms with Gasteiger partial charge >= 0.3 is 0 Å². The van der Waals surface area contributed by atoms with E-state index in [1.165, 1.54) is 0 Å². The van der Waals surface area contributed by atoms with Crippen LogP contribution in [0.2, 0.25) is 0 Å². The summed E-state index contributed by atoms with van der Waals surface area (Å²) < 4.78 is 0. The van der Waals surface area contributed by atoms with Crippen LogP contribution in [-0.2, 0) is 19.2 Å². The third kappa shape index (κ3) is 76.7. The second kappa shape index (κ2) is 25.9. The first-order chi connectivity index (χ1) is 7.25. The van der Waals surface area contributed by atoms with E-state index in [0.29, 0.717) is 24.3 Å². The van der Waals surface area contributed by atoms with Crippen molar-refractivity contribution < 1.29 is 39.6 Å². The number of hydrogen-bond acceptors (Lipinski definition) is 8. The van der Waals surface area contributed by atoms with E-state index in [1.807, 2.05) is 0 Å². The highest BCUT2D eigenvalue weighted by Gasteiger charge is 1.71. The average molecular weight is 316 g/mol. The maximum Gasteiger partial charge on any atom is 0.0643 e. The zero-order valence-corrected chi connectivity index (χ0v) is 11.6. The van der Waals surface area contributed by atoms with Crippen LogP contribution in [0.1, 0.15) is 7.43 Å². The van der Waals surface area contributed by atoms with Crippen molar-refractivity contribution in [3.63, 3.8) is 0 Å². The molecule has 0 rings (SSSR count). The van der Waals surface area contributed by atoms with E-state index in [0.717, 1.165) is 0 Å². The van der Waals surface area contributed by atoms with Gasteiger partial charge in [-0.05, 0) is 24.3 Å². The molecule has 12 nitrogen and oxygen atoms in total. The number of carboxylic acid groups (broad SMARTS) is 4. The summed E-state index contributed by atoms with van der Waals surface area (Å²) in [5, 5.41) is 37.7. The van der Waals surface area contributed by atoms with Crippen LogP contribution in [0.15, 0.2) is 24.3 Å². The average Bonchev–Trinajstić information content (AvgIpc) is 2.12. The molecular formula is C9H24N4O8. The van der Waals surface area contributed by atoms with Gasteiger partial charge in [-0.2, -0.15) is 0 Å². The second-order valence-corrected chi connectivity index (χ2v) is 1.94. The maximum absolute atomic E-state index is 9.41. The first-order valence-corrected chi connectivity index (χ1v) is 3.45. The lowest BCUT2D eigenvalue weighted by Gasteiger charge is -1.90. The second-order valence-electron chi connectivity index (χ2n) is 1.94. The number of aliphatic carboxylic acids is 4. The predicted octanol–water partition coefficient (Wildman–Crippen LogP) is -3.77. The molecular weight excluding hydrogens is 292 g/mol. The van der Waals surface area contributed by atoms with Gasteiger partial charge in [-0.25, -0.2) is 0 Å². The Morgan fingerprint density at radius 1 is 0.476 bits per heavy atom. The van der Waals surface area contributed by atoms with Crippen LogP contribution in [0.5, 0.6) is 0 Å². The molecule has 0 aromatic carbocycles. The third-order valence-corrected chi connectivity index (χ3v) is 0.711. The summed E-state index contributed by atoms with van der Waals surface area (Å²) in [5.41, 5.74) is 0. The van der Waals surface area contributed by atoms with Gasteiger partial charge in [0.2, 0.25) is 0 Å². The highest BCUT2D eigenvalue weighted by Crippen LogP contribution is 1.64. The molecule has 0 spiro atoms. The summed E-state index contributed by atoms with van der Waals surface area (Å²) in [6.07, 6.45) is 1.54. The fourth-order valence-electron chi connectivity index (χ4n) is 0.272. The van der Waals surface area contributed by atoms with Gasteiger partial charge in [0.1, 0.15) is 0 Å². The highest BCUT2D eigenvalue weighted by atomic mass is 16.4. The highest BCUT2D eigenvalue weighted by molar-refractivity contribution is 5.88. The van der Waals surface area contributed by atoms with Gasteiger partial charge in [0, 0.05) is 0 Å². The monoisotopic (exact) mass is 316 g/mol. The van der Waals surface area contributed by atoms with E-state index in [1.54, 1.807) is 0 Å². The van der Waals surface area contributed by atoms with Crippen LogP contribution in [0.3, 0.4) is 0 Å². The van der Waals surface area contributed by atoms with Crippen LogP contribution in [0.25, 0.3) is 0 Å². The molecule has 0 radical (unpaired) electrons. The molecule has 0 unspecified atom stereocenters. The Morgan fingerprint density at radius 3 is 0.619 bits per heavy atom. The molecule has 12 heteroatoms. The molecule has 0 bridgehead atoms. The molecule has 21 heavy (non-hydrogen) atoms. The molecule has 128 valence electrons. The van der Waals surface area contributed by atoms with Crippen molar-refractivity contribution in [1.82, 2.24) is 24.6 Å².